The lowest BCUT2D eigenvalue weighted by molar-refractivity contribution is -0.147. The first kappa shape index (κ1) is 29.7. The minimum absolute atomic E-state index is 0.115. The molecule has 2 rings (SSSR count). The second-order valence-electron chi connectivity index (χ2n) is 10.8. The summed E-state index contributed by atoms with van der Waals surface area (Å²) in [6, 6.07) is 4.85. The number of likely N-dealkylation sites (N-methyl/N-ethyl adjacent to an activating group) is 1. The molecule has 0 bridgehead atoms. The van der Waals surface area contributed by atoms with Gasteiger partial charge in [-0.1, -0.05) is 6.07 Å². The zero-order chi connectivity index (χ0) is 27.8. The number of hydrogen-bond acceptors (Lipinski definition) is 9. The lowest BCUT2D eigenvalue weighted by atomic mass is 9.97. The van der Waals surface area contributed by atoms with Gasteiger partial charge in [-0.3, -0.25) is 14.5 Å². The first-order chi connectivity index (χ1) is 17.2. The molecule has 1 heterocycles. The van der Waals surface area contributed by atoms with Crippen molar-refractivity contribution in [1.82, 2.24) is 10.2 Å². The Balaban J connectivity index is 1.91. The van der Waals surface area contributed by atoms with Gasteiger partial charge in [-0.15, -0.1) is 0 Å². The molecule has 0 fully saturated rings. The van der Waals surface area contributed by atoms with Crippen molar-refractivity contribution in [3.63, 3.8) is 0 Å². The van der Waals surface area contributed by atoms with Gasteiger partial charge < -0.3 is 24.3 Å². The lowest BCUT2D eigenvalue weighted by Gasteiger charge is -2.20. The van der Waals surface area contributed by atoms with Crippen molar-refractivity contribution >= 4 is 24.0 Å². The molecule has 0 unspecified atom stereocenters. The van der Waals surface area contributed by atoms with E-state index in [1.165, 1.54) is 0 Å². The second kappa shape index (κ2) is 12.6. The number of rotatable bonds is 8. The highest BCUT2D eigenvalue weighted by molar-refractivity contribution is 5.89. The summed E-state index contributed by atoms with van der Waals surface area (Å²) in [5.74, 6) is -1.25. The number of amides is 1. The van der Waals surface area contributed by atoms with Crippen molar-refractivity contribution in [2.75, 3.05) is 33.5 Å². The topological polar surface area (TPSA) is 120 Å². The fourth-order valence-electron chi connectivity index (χ4n) is 2.88. The minimum atomic E-state index is -0.766. The van der Waals surface area contributed by atoms with E-state index in [4.69, 9.17) is 18.9 Å². The van der Waals surface area contributed by atoms with Gasteiger partial charge in [0.15, 0.2) is 17.1 Å². The maximum absolute atomic E-state index is 12.5. The predicted molar refractivity (Wildman–Crippen MR) is 136 cm³/mol. The highest BCUT2D eigenvalue weighted by Gasteiger charge is 2.28. The highest BCUT2D eigenvalue weighted by atomic mass is 16.7. The van der Waals surface area contributed by atoms with E-state index in [-0.39, 0.29) is 18.0 Å². The number of carbonyl (C=O) groups excluding carboxylic acids is 4. The van der Waals surface area contributed by atoms with Crippen molar-refractivity contribution in [2.24, 2.45) is 10.8 Å². The Morgan fingerprint density at radius 1 is 0.946 bits per heavy atom. The first-order valence-electron chi connectivity index (χ1n) is 12.0. The van der Waals surface area contributed by atoms with Crippen LogP contribution in [0.2, 0.25) is 0 Å². The van der Waals surface area contributed by atoms with Gasteiger partial charge in [0.1, 0.15) is 12.6 Å². The summed E-state index contributed by atoms with van der Waals surface area (Å²) in [4.78, 5) is 50.8. The van der Waals surface area contributed by atoms with Gasteiger partial charge >= 0.3 is 24.0 Å². The van der Waals surface area contributed by atoms with E-state index in [0.717, 1.165) is 12.1 Å². The molecule has 0 aliphatic carbocycles. The van der Waals surface area contributed by atoms with Crippen molar-refractivity contribution in [3.8, 4) is 11.5 Å². The maximum atomic E-state index is 12.5. The largest absolute Gasteiger partial charge is 0.423 e. The summed E-state index contributed by atoms with van der Waals surface area (Å²) in [5, 5.41) is 2.57. The summed E-state index contributed by atoms with van der Waals surface area (Å²) >= 11 is 0. The molecule has 0 radical (unpaired) electrons. The molecule has 0 atom stereocenters. The van der Waals surface area contributed by atoms with Crippen LogP contribution in [0.3, 0.4) is 0 Å². The molecular formula is C27H37N2O8+. The lowest BCUT2D eigenvalue weighted by Crippen LogP contribution is -2.31. The van der Waals surface area contributed by atoms with Gasteiger partial charge in [-0.05, 0) is 72.7 Å². The molecular weight excluding hydrogens is 480 g/mol. The van der Waals surface area contributed by atoms with Gasteiger partial charge in [0.25, 0.3) is 0 Å². The molecule has 1 aliphatic rings. The molecule has 10 nitrogen and oxygen atoms in total. The average molecular weight is 518 g/mol. The number of carbonyl (C=O) groups is 4. The monoisotopic (exact) mass is 517 g/mol. The quantitative estimate of drug-likeness (QED) is 0.239. The zero-order valence-electron chi connectivity index (χ0n) is 22.6. The van der Waals surface area contributed by atoms with Crippen LogP contribution >= 0.6 is 0 Å². The number of alkyl carbamates (subject to hydrolysis) is 1. The molecule has 1 amide bonds. The van der Waals surface area contributed by atoms with Crippen LogP contribution in [-0.2, 0) is 30.3 Å². The molecule has 1 N–H and O–H groups in total. The van der Waals surface area contributed by atoms with E-state index in [1.54, 1.807) is 65.8 Å². The Morgan fingerprint density at radius 2 is 1.57 bits per heavy atom. The Labute approximate surface area is 218 Å². The highest BCUT2D eigenvalue weighted by Crippen LogP contribution is 2.32. The van der Waals surface area contributed by atoms with Crippen LogP contribution in [0, 0.1) is 17.3 Å². The van der Waals surface area contributed by atoms with Gasteiger partial charge in [0.05, 0.1) is 23.8 Å². The maximum Gasteiger partial charge on any atom is 0.423 e. The third-order valence-electron chi connectivity index (χ3n) is 5.14. The third-order valence-corrected chi connectivity index (χ3v) is 5.14. The third kappa shape index (κ3) is 9.80. The molecule has 1 aromatic carbocycles. The molecule has 10 heteroatoms. The fourth-order valence-corrected chi connectivity index (χ4v) is 2.88. The van der Waals surface area contributed by atoms with E-state index in [1.807, 2.05) is 18.4 Å². The summed E-state index contributed by atoms with van der Waals surface area (Å²) in [5.41, 5.74) is -0.302. The van der Waals surface area contributed by atoms with Crippen LogP contribution in [-0.4, -0.2) is 62.4 Å². The standard InChI is InChI=1S/C27H36N2O8/c1-26(2,3)23(31)36-20-11-10-18(15-21(20)37-24(32)27(4,5)6)12-13-28-25(33)35-17-34-22(30)19-9-8-14-29(7)16-19/h8-11,15H,12-14,16-17H2,1-7H3/p+1. The molecule has 0 aromatic heterocycles. The Kier molecular flexibility index (Phi) is 10.1. The van der Waals surface area contributed by atoms with Crippen molar-refractivity contribution in [3.05, 3.63) is 41.8 Å². The van der Waals surface area contributed by atoms with E-state index in [2.05, 4.69) is 5.32 Å². The van der Waals surface area contributed by atoms with Gasteiger partial charge in [0.2, 0.25) is 6.79 Å². The van der Waals surface area contributed by atoms with Gasteiger partial charge in [-0.2, -0.15) is 0 Å². The normalized spacial score (nSPS) is 14.1. The molecule has 1 aliphatic heterocycles. The molecule has 0 saturated carbocycles. The van der Waals surface area contributed by atoms with E-state index >= 15 is 0 Å². The predicted octanol–water partition coefficient (Wildman–Crippen LogP) is 3.44. The van der Waals surface area contributed by atoms with E-state index < -0.39 is 41.6 Å². The second-order valence-corrected chi connectivity index (χ2v) is 10.8. The smallest absolute Gasteiger partial charge is 0.422 e. The van der Waals surface area contributed by atoms with Crippen LogP contribution in [0.1, 0.15) is 47.1 Å². The van der Waals surface area contributed by atoms with E-state index in [0.29, 0.717) is 18.5 Å². The SMILES string of the molecule is CN1C[CH+]C=C(C(=O)OCOC(=O)NCCc2ccc(OC(=O)C(C)(C)C)c(OC(=O)C(C)(C)C)c2)C1. The molecule has 0 saturated heterocycles. The molecule has 37 heavy (non-hydrogen) atoms. The molecule has 1 aromatic rings. The summed E-state index contributed by atoms with van der Waals surface area (Å²) in [7, 11) is 1.88. The Hall–Kier alpha value is -3.53. The van der Waals surface area contributed by atoms with Crippen molar-refractivity contribution in [1.29, 1.82) is 0 Å². The van der Waals surface area contributed by atoms with Crippen molar-refractivity contribution < 1.29 is 38.1 Å². The van der Waals surface area contributed by atoms with Gasteiger partial charge in [0, 0.05) is 6.54 Å². The number of nitrogens with zero attached hydrogens (tertiary/aromatic N) is 1. The average Bonchev–Trinajstić information content (AvgIpc) is 2.79. The van der Waals surface area contributed by atoms with Crippen molar-refractivity contribution in [2.45, 2.75) is 48.0 Å². The number of esters is 3. The Morgan fingerprint density at radius 3 is 2.16 bits per heavy atom. The Bertz CT molecular complexity index is 1030. The summed E-state index contributed by atoms with van der Waals surface area (Å²) < 4.78 is 20.9. The number of hydrogen-bond donors (Lipinski definition) is 1. The minimum Gasteiger partial charge on any atom is -0.422 e. The van der Waals surface area contributed by atoms with Crippen LogP contribution < -0.4 is 14.8 Å². The van der Waals surface area contributed by atoms with Crippen LogP contribution in [0.25, 0.3) is 0 Å². The first-order valence-corrected chi connectivity index (χ1v) is 12.0. The summed E-state index contributed by atoms with van der Waals surface area (Å²) in [6.45, 7) is 11.2. The number of nitrogens with one attached hydrogen (secondary N) is 1. The van der Waals surface area contributed by atoms with Crippen LogP contribution in [0.15, 0.2) is 29.8 Å². The fraction of sp³-hybridized carbons (Fsp3) is 0.519. The van der Waals surface area contributed by atoms with Crippen LogP contribution in [0.5, 0.6) is 11.5 Å². The van der Waals surface area contributed by atoms with Gasteiger partial charge in [-0.25, -0.2) is 9.59 Å². The number of ether oxygens (including phenoxy) is 4. The van der Waals surface area contributed by atoms with Crippen LogP contribution in [0.4, 0.5) is 4.79 Å². The number of benzene rings is 1. The van der Waals surface area contributed by atoms with E-state index in [9.17, 15) is 19.2 Å². The zero-order valence-corrected chi connectivity index (χ0v) is 22.6. The molecule has 202 valence electrons. The molecule has 0 spiro atoms. The summed E-state index contributed by atoms with van der Waals surface area (Å²) in [6.07, 6.45) is 3.18.